The van der Waals surface area contributed by atoms with Crippen molar-refractivity contribution >= 4 is 5.91 Å². The molecule has 17 heavy (non-hydrogen) atoms. The summed E-state index contributed by atoms with van der Waals surface area (Å²) in [5.74, 6) is 0.582. The van der Waals surface area contributed by atoms with Gasteiger partial charge in [-0.2, -0.15) is 10.2 Å². The number of amides is 1. The molecule has 0 aliphatic heterocycles. The van der Waals surface area contributed by atoms with Crippen molar-refractivity contribution in [2.45, 2.75) is 19.5 Å². The van der Waals surface area contributed by atoms with Crippen LogP contribution in [0.15, 0.2) is 19.0 Å². The van der Waals surface area contributed by atoms with E-state index in [1.807, 2.05) is 0 Å². The minimum atomic E-state index is -0.384. The standard InChI is InChI=1S/C9H13N7O/c1-7(16-6-10-4-13-16)9(17)15(2)3-8-11-5-12-14-8/h4-7H,3H2,1-2H3,(H,11,12,14). The smallest absolute Gasteiger partial charge is 0.247 e. The molecule has 8 nitrogen and oxygen atoms in total. The van der Waals surface area contributed by atoms with E-state index in [2.05, 4.69) is 25.3 Å². The number of aromatic nitrogens is 6. The number of rotatable bonds is 4. The summed E-state index contributed by atoms with van der Waals surface area (Å²) in [5.41, 5.74) is 0. The van der Waals surface area contributed by atoms with Crippen LogP contribution >= 0.6 is 0 Å². The second-order valence-corrected chi connectivity index (χ2v) is 3.68. The predicted molar refractivity (Wildman–Crippen MR) is 57.6 cm³/mol. The van der Waals surface area contributed by atoms with Gasteiger partial charge < -0.3 is 4.90 Å². The fourth-order valence-electron chi connectivity index (χ4n) is 1.46. The first kappa shape index (κ1) is 11.2. The Morgan fingerprint density at radius 1 is 1.59 bits per heavy atom. The number of carbonyl (C=O) groups is 1. The summed E-state index contributed by atoms with van der Waals surface area (Å²) in [6, 6.07) is -0.384. The van der Waals surface area contributed by atoms with E-state index in [4.69, 9.17) is 0 Å². The van der Waals surface area contributed by atoms with Gasteiger partial charge in [0.25, 0.3) is 0 Å². The molecule has 0 bridgehead atoms. The van der Waals surface area contributed by atoms with Gasteiger partial charge in [-0.15, -0.1) is 0 Å². The lowest BCUT2D eigenvalue weighted by Crippen LogP contribution is -2.33. The molecule has 0 saturated carbocycles. The first-order valence-corrected chi connectivity index (χ1v) is 5.12. The van der Waals surface area contributed by atoms with E-state index in [0.29, 0.717) is 12.4 Å². The van der Waals surface area contributed by atoms with Gasteiger partial charge in [0.05, 0.1) is 6.54 Å². The molecule has 1 N–H and O–H groups in total. The summed E-state index contributed by atoms with van der Waals surface area (Å²) in [6.07, 6.45) is 4.33. The van der Waals surface area contributed by atoms with Gasteiger partial charge in [0, 0.05) is 7.05 Å². The molecule has 0 aliphatic rings. The highest BCUT2D eigenvalue weighted by Gasteiger charge is 2.20. The van der Waals surface area contributed by atoms with Crippen LogP contribution in [0.25, 0.3) is 0 Å². The van der Waals surface area contributed by atoms with Crippen LogP contribution in [0.3, 0.4) is 0 Å². The Labute approximate surface area is 97.7 Å². The lowest BCUT2D eigenvalue weighted by Gasteiger charge is -2.20. The summed E-state index contributed by atoms with van der Waals surface area (Å²) in [4.78, 5) is 21.4. The molecular formula is C9H13N7O. The molecule has 0 radical (unpaired) electrons. The van der Waals surface area contributed by atoms with Gasteiger partial charge in [-0.25, -0.2) is 14.6 Å². The highest BCUT2D eigenvalue weighted by atomic mass is 16.2. The molecule has 0 aliphatic carbocycles. The third-order valence-corrected chi connectivity index (χ3v) is 2.42. The van der Waals surface area contributed by atoms with Crippen molar-refractivity contribution in [3.05, 3.63) is 24.8 Å². The molecule has 0 spiro atoms. The lowest BCUT2D eigenvalue weighted by molar-refractivity contribution is -0.133. The van der Waals surface area contributed by atoms with Gasteiger partial charge in [-0.1, -0.05) is 0 Å². The normalized spacial score (nSPS) is 12.4. The summed E-state index contributed by atoms with van der Waals surface area (Å²) < 4.78 is 1.51. The van der Waals surface area contributed by atoms with Gasteiger partial charge in [-0.3, -0.25) is 9.89 Å². The molecule has 90 valence electrons. The van der Waals surface area contributed by atoms with Gasteiger partial charge >= 0.3 is 0 Å². The van der Waals surface area contributed by atoms with Crippen LogP contribution in [0.4, 0.5) is 0 Å². The van der Waals surface area contributed by atoms with Gasteiger partial charge in [0.15, 0.2) is 0 Å². The first-order chi connectivity index (χ1) is 8.18. The molecule has 0 saturated heterocycles. The van der Waals surface area contributed by atoms with Crippen LogP contribution in [0.1, 0.15) is 18.8 Å². The third-order valence-electron chi connectivity index (χ3n) is 2.42. The highest BCUT2D eigenvalue weighted by Crippen LogP contribution is 2.08. The van der Waals surface area contributed by atoms with Crippen molar-refractivity contribution in [2.75, 3.05) is 7.05 Å². The Morgan fingerprint density at radius 3 is 3.00 bits per heavy atom. The summed E-state index contributed by atoms with van der Waals surface area (Å²) in [6.45, 7) is 2.16. The number of H-pyrrole nitrogens is 1. The number of aromatic amines is 1. The zero-order valence-corrected chi connectivity index (χ0v) is 9.61. The molecule has 1 amide bonds. The SMILES string of the molecule is CC(C(=O)N(C)Cc1ncn[nH]1)n1cncn1. The Kier molecular flexibility index (Phi) is 3.12. The zero-order valence-electron chi connectivity index (χ0n) is 9.61. The summed E-state index contributed by atoms with van der Waals surface area (Å²) >= 11 is 0. The molecule has 2 aromatic heterocycles. The molecule has 0 aromatic carbocycles. The van der Waals surface area contributed by atoms with E-state index in [1.165, 1.54) is 23.7 Å². The second kappa shape index (κ2) is 4.73. The highest BCUT2D eigenvalue weighted by molar-refractivity contribution is 5.79. The zero-order chi connectivity index (χ0) is 12.3. The molecule has 2 heterocycles. The predicted octanol–water partition coefficient (Wildman–Crippen LogP) is -0.384. The molecule has 2 aromatic rings. The quantitative estimate of drug-likeness (QED) is 0.779. The number of likely N-dealkylation sites (N-methyl/N-ethyl adjacent to an activating group) is 1. The van der Waals surface area contributed by atoms with Crippen LogP contribution in [-0.4, -0.2) is 47.8 Å². The average Bonchev–Trinajstić information content (AvgIpc) is 2.99. The van der Waals surface area contributed by atoms with E-state index in [-0.39, 0.29) is 11.9 Å². The van der Waals surface area contributed by atoms with Crippen molar-refractivity contribution in [3.8, 4) is 0 Å². The molecular weight excluding hydrogens is 222 g/mol. The topological polar surface area (TPSA) is 92.6 Å². The lowest BCUT2D eigenvalue weighted by atomic mass is 10.3. The molecule has 1 unspecified atom stereocenters. The number of hydrogen-bond acceptors (Lipinski definition) is 5. The Hall–Kier alpha value is -2.25. The van der Waals surface area contributed by atoms with Crippen LogP contribution in [0.5, 0.6) is 0 Å². The Bertz CT molecular complexity index is 464. The Balaban J connectivity index is 2.00. The number of nitrogens with zero attached hydrogens (tertiary/aromatic N) is 6. The molecule has 8 heteroatoms. The van der Waals surface area contributed by atoms with Gasteiger partial charge in [-0.05, 0) is 6.92 Å². The van der Waals surface area contributed by atoms with Crippen molar-refractivity contribution in [1.82, 2.24) is 34.8 Å². The van der Waals surface area contributed by atoms with Crippen molar-refractivity contribution in [1.29, 1.82) is 0 Å². The maximum absolute atomic E-state index is 12.0. The van der Waals surface area contributed by atoms with Crippen LogP contribution in [0, 0.1) is 0 Å². The van der Waals surface area contributed by atoms with Crippen LogP contribution in [-0.2, 0) is 11.3 Å². The summed E-state index contributed by atoms with van der Waals surface area (Å²) in [7, 11) is 1.71. The van der Waals surface area contributed by atoms with Crippen molar-refractivity contribution < 1.29 is 4.79 Å². The minimum Gasteiger partial charge on any atom is -0.336 e. The van der Waals surface area contributed by atoms with Gasteiger partial charge in [0.1, 0.15) is 30.8 Å². The first-order valence-electron chi connectivity index (χ1n) is 5.12. The number of carbonyl (C=O) groups excluding carboxylic acids is 1. The van der Waals surface area contributed by atoms with E-state index in [0.717, 1.165) is 0 Å². The third kappa shape index (κ3) is 2.47. The minimum absolute atomic E-state index is 0.0631. The maximum Gasteiger partial charge on any atom is 0.247 e. The fraction of sp³-hybridized carbons (Fsp3) is 0.444. The summed E-state index contributed by atoms with van der Waals surface area (Å²) in [5, 5.41) is 10.4. The van der Waals surface area contributed by atoms with E-state index in [1.54, 1.807) is 18.9 Å². The molecule has 1 atom stereocenters. The van der Waals surface area contributed by atoms with E-state index in [9.17, 15) is 4.79 Å². The van der Waals surface area contributed by atoms with Crippen molar-refractivity contribution in [3.63, 3.8) is 0 Å². The molecule has 0 fully saturated rings. The monoisotopic (exact) mass is 235 g/mol. The van der Waals surface area contributed by atoms with Crippen molar-refractivity contribution in [2.24, 2.45) is 0 Å². The van der Waals surface area contributed by atoms with E-state index < -0.39 is 0 Å². The second-order valence-electron chi connectivity index (χ2n) is 3.68. The average molecular weight is 235 g/mol. The Morgan fingerprint density at radius 2 is 2.41 bits per heavy atom. The van der Waals surface area contributed by atoms with Crippen LogP contribution < -0.4 is 0 Å². The largest absolute Gasteiger partial charge is 0.336 e. The van der Waals surface area contributed by atoms with Gasteiger partial charge in [0.2, 0.25) is 5.91 Å². The maximum atomic E-state index is 12.0. The fourth-order valence-corrected chi connectivity index (χ4v) is 1.46. The van der Waals surface area contributed by atoms with Crippen LogP contribution in [0.2, 0.25) is 0 Å². The number of nitrogens with one attached hydrogen (secondary N) is 1. The number of hydrogen-bond donors (Lipinski definition) is 1. The molecule has 2 rings (SSSR count). The van der Waals surface area contributed by atoms with E-state index >= 15 is 0 Å².